The van der Waals surface area contributed by atoms with E-state index in [1.165, 1.54) is 0 Å². The molecule has 0 aliphatic carbocycles. The highest BCUT2D eigenvalue weighted by atomic mass is 16.2. The molecule has 1 fully saturated rings. The predicted octanol–water partition coefficient (Wildman–Crippen LogP) is 2.39. The van der Waals surface area contributed by atoms with Gasteiger partial charge in [-0.25, -0.2) is 0 Å². The second-order valence-corrected chi connectivity index (χ2v) is 6.63. The Balaban J connectivity index is 2.29. The number of carbonyl (C=O) groups excluding carboxylic acids is 2. The van der Waals surface area contributed by atoms with Crippen molar-refractivity contribution in [2.45, 2.75) is 47.0 Å². The summed E-state index contributed by atoms with van der Waals surface area (Å²) in [6, 6.07) is 0. The molecule has 0 atom stereocenters. The standard InChI is InChI=1S/C16H30N2O2/c1-12(2)15(19)17(5)9-6-14-7-10-18(11-8-14)16(20)13(3)4/h12-14H,6-11H2,1-5H3. The van der Waals surface area contributed by atoms with E-state index in [0.29, 0.717) is 5.92 Å². The van der Waals surface area contributed by atoms with Gasteiger partial charge in [-0.2, -0.15) is 0 Å². The van der Waals surface area contributed by atoms with E-state index in [0.717, 1.165) is 38.9 Å². The van der Waals surface area contributed by atoms with Gasteiger partial charge in [0.05, 0.1) is 0 Å². The van der Waals surface area contributed by atoms with Crippen LogP contribution in [0.3, 0.4) is 0 Å². The van der Waals surface area contributed by atoms with Gasteiger partial charge in [0.1, 0.15) is 0 Å². The van der Waals surface area contributed by atoms with Crippen LogP contribution >= 0.6 is 0 Å². The minimum absolute atomic E-state index is 0.0745. The lowest BCUT2D eigenvalue weighted by Crippen LogP contribution is -2.41. The first-order valence-electron chi connectivity index (χ1n) is 7.86. The van der Waals surface area contributed by atoms with Gasteiger partial charge in [-0.05, 0) is 25.2 Å². The fourth-order valence-corrected chi connectivity index (χ4v) is 2.73. The second kappa shape index (κ2) is 7.65. The van der Waals surface area contributed by atoms with Crippen molar-refractivity contribution in [3.8, 4) is 0 Å². The van der Waals surface area contributed by atoms with Gasteiger partial charge in [-0.3, -0.25) is 9.59 Å². The lowest BCUT2D eigenvalue weighted by atomic mass is 9.92. The van der Waals surface area contributed by atoms with E-state index in [1.807, 2.05) is 44.5 Å². The topological polar surface area (TPSA) is 40.6 Å². The van der Waals surface area contributed by atoms with Gasteiger partial charge in [-0.15, -0.1) is 0 Å². The largest absolute Gasteiger partial charge is 0.346 e. The Kier molecular flexibility index (Phi) is 6.50. The molecule has 1 saturated heterocycles. The van der Waals surface area contributed by atoms with Crippen LogP contribution in [0.4, 0.5) is 0 Å². The molecule has 1 heterocycles. The molecule has 0 aromatic carbocycles. The second-order valence-electron chi connectivity index (χ2n) is 6.63. The van der Waals surface area contributed by atoms with Gasteiger partial charge in [0.15, 0.2) is 0 Å². The average Bonchev–Trinajstić information content (AvgIpc) is 2.43. The van der Waals surface area contributed by atoms with Gasteiger partial charge in [0, 0.05) is 38.5 Å². The van der Waals surface area contributed by atoms with Crippen molar-refractivity contribution < 1.29 is 9.59 Å². The van der Waals surface area contributed by atoms with E-state index in [-0.39, 0.29) is 23.7 Å². The summed E-state index contributed by atoms with van der Waals surface area (Å²) >= 11 is 0. The van der Waals surface area contributed by atoms with Crippen LogP contribution in [-0.2, 0) is 9.59 Å². The summed E-state index contributed by atoms with van der Waals surface area (Å²) in [5, 5.41) is 0. The normalized spacial score (nSPS) is 16.9. The van der Waals surface area contributed by atoms with Gasteiger partial charge < -0.3 is 9.80 Å². The molecular weight excluding hydrogens is 252 g/mol. The van der Waals surface area contributed by atoms with Gasteiger partial charge in [0.2, 0.25) is 11.8 Å². The summed E-state index contributed by atoms with van der Waals surface area (Å²) in [5.74, 6) is 1.31. The fraction of sp³-hybridized carbons (Fsp3) is 0.875. The van der Waals surface area contributed by atoms with Crippen molar-refractivity contribution in [2.75, 3.05) is 26.7 Å². The van der Waals surface area contributed by atoms with Crippen molar-refractivity contribution in [3.05, 3.63) is 0 Å². The summed E-state index contributed by atoms with van der Waals surface area (Å²) in [4.78, 5) is 27.5. The van der Waals surface area contributed by atoms with Crippen LogP contribution in [0.5, 0.6) is 0 Å². The number of nitrogens with zero attached hydrogens (tertiary/aromatic N) is 2. The summed E-state index contributed by atoms with van der Waals surface area (Å²) in [6.07, 6.45) is 3.20. The smallest absolute Gasteiger partial charge is 0.225 e. The molecule has 0 radical (unpaired) electrons. The molecule has 0 aromatic heterocycles. The third kappa shape index (κ3) is 4.80. The molecule has 0 unspecified atom stereocenters. The van der Waals surface area contributed by atoms with E-state index in [1.54, 1.807) is 0 Å². The molecule has 0 aromatic rings. The zero-order valence-corrected chi connectivity index (χ0v) is 13.7. The number of rotatable bonds is 5. The van der Waals surface area contributed by atoms with Crippen LogP contribution in [0.25, 0.3) is 0 Å². The first-order valence-corrected chi connectivity index (χ1v) is 7.86. The maximum absolute atomic E-state index is 11.9. The Morgan fingerprint density at radius 2 is 1.65 bits per heavy atom. The first kappa shape index (κ1) is 17.0. The van der Waals surface area contributed by atoms with Crippen LogP contribution in [0, 0.1) is 17.8 Å². The van der Waals surface area contributed by atoms with Gasteiger partial charge in [-0.1, -0.05) is 27.7 Å². The Bertz CT molecular complexity index is 331. The molecule has 2 amide bonds. The maximum atomic E-state index is 11.9. The SMILES string of the molecule is CC(C)C(=O)N(C)CCC1CCN(C(=O)C(C)C)CC1. The highest BCUT2D eigenvalue weighted by Gasteiger charge is 2.24. The molecule has 0 N–H and O–H groups in total. The highest BCUT2D eigenvalue weighted by molar-refractivity contribution is 5.78. The zero-order valence-electron chi connectivity index (χ0n) is 13.7. The lowest BCUT2D eigenvalue weighted by molar-refractivity contribution is -0.135. The average molecular weight is 282 g/mol. The van der Waals surface area contributed by atoms with Crippen molar-refractivity contribution >= 4 is 11.8 Å². The molecule has 0 saturated carbocycles. The van der Waals surface area contributed by atoms with Gasteiger partial charge in [0.25, 0.3) is 0 Å². The van der Waals surface area contributed by atoms with Gasteiger partial charge >= 0.3 is 0 Å². The van der Waals surface area contributed by atoms with Crippen LogP contribution in [0.1, 0.15) is 47.0 Å². The molecule has 20 heavy (non-hydrogen) atoms. The number of hydrogen-bond acceptors (Lipinski definition) is 2. The lowest BCUT2D eigenvalue weighted by Gasteiger charge is -2.33. The molecule has 0 spiro atoms. The van der Waals surface area contributed by atoms with Crippen molar-refractivity contribution in [1.82, 2.24) is 9.80 Å². The van der Waals surface area contributed by atoms with Crippen LogP contribution in [0.15, 0.2) is 0 Å². The number of hydrogen-bond donors (Lipinski definition) is 0. The molecular formula is C16H30N2O2. The predicted molar refractivity (Wildman–Crippen MR) is 81.2 cm³/mol. The van der Waals surface area contributed by atoms with E-state index < -0.39 is 0 Å². The summed E-state index contributed by atoms with van der Waals surface area (Å²) in [5.41, 5.74) is 0. The number of piperidine rings is 1. The summed E-state index contributed by atoms with van der Waals surface area (Å²) in [6.45, 7) is 10.4. The van der Waals surface area contributed by atoms with Crippen molar-refractivity contribution in [2.24, 2.45) is 17.8 Å². The van der Waals surface area contributed by atoms with E-state index in [4.69, 9.17) is 0 Å². The first-order chi connectivity index (χ1) is 9.32. The molecule has 1 aliphatic rings. The van der Waals surface area contributed by atoms with Crippen molar-refractivity contribution in [1.29, 1.82) is 0 Å². The Labute approximate surface area is 123 Å². The molecule has 1 aliphatic heterocycles. The maximum Gasteiger partial charge on any atom is 0.225 e. The minimum Gasteiger partial charge on any atom is -0.346 e. The van der Waals surface area contributed by atoms with Crippen molar-refractivity contribution in [3.63, 3.8) is 0 Å². The Morgan fingerprint density at radius 1 is 1.10 bits per heavy atom. The molecule has 1 rings (SSSR count). The minimum atomic E-state index is 0.0745. The van der Waals surface area contributed by atoms with Crippen LogP contribution in [0.2, 0.25) is 0 Å². The molecule has 4 nitrogen and oxygen atoms in total. The fourth-order valence-electron chi connectivity index (χ4n) is 2.73. The Morgan fingerprint density at radius 3 is 2.10 bits per heavy atom. The number of carbonyl (C=O) groups is 2. The molecule has 4 heteroatoms. The third-order valence-corrected chi connectivity index (χ3v) is 4.16. The quantitative estimate of drug-likeness (QED) is 0.777. The van der Waals surface area contributed by atoms with Crippen LogP contribution < -0.4 is 0 Å². The van der Waals surface area contributed by atoms with E-state index >= 15 is 0 Å². The third-order valence-electron chi connectivity index (χ3n) is 4.16. The van der Waals surface area contributed by atoms with Crippen LogP contribution in [-0.4, -0.2) is 48.3 Å². The molecule has 0 bridgehead atoms. The van der Waals surface area contributed by atoms with E-state index in [2.05, 4.69) is 0 Å². The summed E-state index contributed by atoms with van der Waals surface area (Å²) < 4.78 is 0. The number of likely N-dealkylation sites (tertiary alicyclic amines) is 1. The highest BCUT2D eigenvalue weighted by Crippen LogP contribution is 2.22. The zero-order chi connectivity index (χ0) is 15.3. The van der Waals surface area contributed by atoms with E-state index in [9.17, 15) is 9.59 Å². The monoisotopic (exact) mass is 282 g/mol. The molecule has 116 valence electrons. The summed E-state index contributed by atoms with van der Waals surface area (Å²) in [7, 11) is 1.89. The number of amides is 2. The Hall–Kier alpha value is -1.06.